The van der Waals surface area contributed by atoms with E-state index in [1.165, 1.54) is 13.1 Å². The van der Waals surface area contributed by atoms with E-state index in [9.17, 15) is 13.2 Å². The van der Waals surface area contributed by atoms with Crippen LogP contribution in [0.5, 0.6) is 0 Å². The fraction of sp³-hybridized carbons (Fsp3) is 0.417. The van der Waals surface area contributed by atoms with Crippen LogP contribution in [0.4, 0.5) is 11.4 Å². The second-order valence-corrected chi connectivity index (χ2v) is 6.50. The molecule has 1 aromatic carbocycles. The van der Waals surface area contributed by atoms with Crippen LogP contribution in [0.15, 0.2) is 23.1 Å². The standard InChI is InChI=1S/C12H18N4O3S/c1-14-20(18,19)11-4-2-8(6-10(11)13)16-9-3-5-12(17)15-7-9/h2,4,6,9,14,16H,3,5,7,13H2,1H3,(H,15,17). The Morgan fingerprint density at radius 2 is 2.15 bits per heavy atom. The van der Waals surface area contributed by atoms with Crippen molar-refractivity contribution < 1.29 is 13.2 Å². The zero-order valence-electron chi connectivity index (χ0n) is 11.1. The van der Waals surface area contributed by atoms with Crippen molar-refractivity contribution in [2.75, 3.05) is 24.6 Å². The second-order valence-electron chi connectivity index (χ2n) is 4.64. The van der Waals surface area contributed by atoms with Crippen LogP contribution < -0.4 is 21.1 Å². The van der Waals surface area contributed by atoms with Crippen molar-refractivity contribution in [1.82, 2.24) is 10.0 Å². The number of nitrogens with one attached hydrogen (secondary N) is 3. The number of benzene rings is 1. The summed E-state index contributed by atoms with van der Waals surface area (Å²) in [7, 11) is -2.21. The van der Waals surface area contributed by atoms with Crippen molar-refractivity contribution >= 4 is 27.3 Å². The lowest BCUT2D eigenvalue weighted by Crippen LogP contribution is -2.41. The highest BCUT2D eigenvalue weighted by molar-refractivity contribution is 7.89. The van der Waals surface area contributed by atoms with Crippen LogP contribution in [0.3, 0.4) is 0 Å². The molecule has 7 nitrogen and oxygen atoms in total. The van der Waals surface area contributed by atoms with Crippen LogP contribution in [0, 0.1) is 0 Å². The topological polar surface area (TPSA) is 113 Å². The van der Waals surface area contributed by atoms with E-state index in [0.717, 1.165) is 12.1 Å². The van der Waals surface area contributed by atoms with Crippen LogP contribution in [-0.4, -0.2) is 34.0 Å². The fourth-order valence-corrected chi connectivity index (χ4v) is 2.92. The number of hydrogen-bond donors (Lipinski definition) is 4. The van der Waals surface area contributed by atoms with Crippen LogP contribution >= 0.6 is 0 Å². The number of nitrogens with two attached hydrogens (primary N) is 1. The summed E-state index contributed by atoms with van der Waals surface area (Å²) in [4.78, 5) is 11.1. The van der Waals surface area contributed by atoms with Gasteiger partial charge in [0.05, 0.1) is 5.69 Å². The number of piperidine rings is 1. The lowest BCUT2D eigenvalue weighted by molar-refractivity contribution is -0.122. The van der Waals surface area contributed by atoms with Gasteiger partial charge in [0.15, 0.2) is 0 Å². The Labute approximate surface area is 118 Å². The molecule has 1 heterocycles. The van der Waals surface area contributed by atoms with E-state index in [1.807, 2.05) is 0 Å². The van der Waals surface area contributed by atoms with Gasteiger partial charge in [0.2, 0.25) is 15.9 Å². The summed E-state index contributed by atoms with van der Waals surface area (Å²) in [5.41, 5.74) is 6.70. The van der Waals surface area contributed by atoms with Crippen LogP contribution in [-0.2, 0) is 14.8 Å². The molecule has 2 rings (SSSR count). The summed E-state index contributed by atoms with van der Waals surface area (Å²) in [5, 5.41) is 6.00. The minimum absolute atomic E-state index is 0.0537. The molecule has 0 bridgehead atoms. The Kier molecular flexibility index (Phi) is 4.15. The van der Waals surface area contributed by atoms with Gasteiger partial charge in [0.1, 0.15) is 4.90 Å². The average Bonchev–Trinajstić information content (AvgIpc) is 2.41. The number of anilines is 2. The van der Waals surface area contributed by atoms with E-state index in [1.54, 1.807) is 12.1 Å². The number of rotatable bonds is 4. The molecule has 1 amide bonds. The van der Waals surface area contributed by atoms with Gasteiger partial charge in [-0.1, -0.05) is 0 Å². The first kappa shape index (κ1) is 14.6. The summed E-state index contributed by atoms with van der Waals surface area (Å²) < 4.78 is 25.6. The molecule has 1 atom stereocenters. The van der Waals surface area contributed by atoms with Crippen molar-refractivity contribution in [3.63, 3.8) is 0 Å². The van der Waals surface area contributed by atoms with Gasteiger partial charge in [-0.2, -0.15) is 0 Å². The second kappa shape index (κ2) is 5.68. The summed E-state index contributed by atoms with van der Waals surface area (Å²) in [6.07, 6.45) is 1.22. The molecule has 1 unspecified atom stereocenters. The Morgan fingerprint density at radius 1 is 1.40 bits per heavy atom. The molecule has 1 aromatic rings. The molecular formula is C12H18N4O3S. The molecule has 1 aliphatic rings. The molecule has 110 valence electrons. The van der Waals surface area contributed by atoms with Crippen LogP contribution in [0.25, 0.3) is 0 Å². The predicted octanol–water partition coefficient (Wildman–Crippen LogP) is -0.133. The zero-order valence-corrected chi connectivity index (χ0v) is 12.0. The Bertz CT molecular complexity index is 605. The first-order valence-electron chi connectivity index (χ1n) is 6.28. The monoisotopic (exact) mass is 298 g/mol. The highest BCUT2D eigenvalue weighted by atomic mass is 32.2. The molecule has 1 aliphatic heterocycles. The molecule has 20 heavy (non-hydrogen) atoms. The number of carbonyl (C=O) groups is 1. The summed E-state index contributed by atoms with van der Waals surface area (Å²) in [6, 6.07) is 4.83. The van der Waals surface area contributed by atoms with Gasteiger partial charge < -0.3 is 16.4 Å². The van der Waals surface area contributed by atoms with Gasteiger partial charge in [0.25, 0.3) is 0 Å². The Hall–Kier alpha value is -1.80. The maximum Gasteiger partial charge on any atom is 0.242 e. The van der Waals surface area contributed by atoms with Gasteiger partial charge in [-0.3, -0.25) is 4.79 Å². The number of carbonyl (C=O) groups excluding carboxylic acids is 1. The number of hydrogen-bond acceptors (Lipinski definition) is 5. The zero-order chi connectivity index (χ0) is 14.8. The maximum atomic E-state index is 11.7. The van der Waals surface area contributed by atoms with Crippen molar-refractivity contribution in [2.24, 2.45) is 0 Å². The van der Waals surface area contributed by atoms with E-state index in [4.69, 9.17) is 5.73 Å². The number of amides is 1. The fourth-order valence-electron chi connectivity index (χ4n) is 2.08. The molecule has 1 fully saturated rings. The molecule has 8 heteroatoms. The molecule has 0 spiro atoms. The molecular weight excluding hydrogens is 280 g/mol. The molecule has 1 saturated heterocycles. The van der Waals surface area contributed by atoms with Gasteiger partial charge in [-0.25, -0.2) is 13.1 Å². The Morgan fingerprint density at radius 3 is 2.70 bits per heavy atom. The van der Waals surface area contributed by atoms with Gasteiger partial charge >= 0.3 is 0 Å². The minimum atomic E-state index is -3.55. The van der Waals surface area contributed by atoms with Crippen molar-refractivity contribution in [1.29, 1.82) is 0 Å². The molecule has 5 N–H and O–H groups in total. The van der Waals surface area contributed by atoms with Gasteiger partial charge in [-0.15, -0.1) is 0 Å². The van der Waals surface area contributed by atoms with E-state index in [2.05, 4.69) is 15.4 Å². The lowest BCUT2D eigenvalue weighted by Gasteiger charge is -2.24. The largest absolute Gasteiger partial charge is 0.398 e. The first-order valence-corrected chi connectivity index (χ1v) is 7.77. The molecule has 0 radical (unpaired) electrons. The number of sulfonamides is 1. The molecule has 0 saturated carbocycles. The summed E-state index contributed by atoms with van der Waals surface area (Å²) in [5.74, 6) is 0.0537. The third-order valence-corrected chi connectivity index (χ3v) is 4.69. The van der Waals surface area contributed by atoms with Gasteiger partial charge in [-0.05, 0) is 31.7 Å². The Balaban J connectivity index is 2.12. The van der Waals surface area contributed by atoms with Crippen molar-refractivity contribution in [2.45, 2.75) is 23.8 Å². The van der Waals surface area contributed by atoms with E-state index in [-0.39, 0.29) is 22.5 Å². The quantitative estimate of drug-likeness (QED) is 0.578. The predicted molar refractivity (Wildman–Crippen MR) is 76.8 cm³/mol. The van der Waals surface area contributed by atoms with Crippen molar-refractivity contribution in [3.05, 3.63) is 18.2 Å². The maximum absolute atomic E-state index is 11.7. The first-order chi connectivity index (χ1) is 9.42. The smallest absolute Gasteiger partial charge is 0.242 e. The van der Waals surface area contributed by atoms with Gasteiger partial charge in [0, 0.05) is 24.7 Å². The summed E-state index contributed by atoms with van der Waals surface area (Å²) in [6.45, 7) is 0.551. The summed E-state index contributed by atoms with van der Waals surface area (Å²) >= 11 is 0. The van der Waals surface area contributed by atoms with E-state index >= 15 is 0 Å². The number of nitrogen functional groups attached to an aromatic ring is 1. The van der Waals surface area contributed by atoms with Crippen LogP contribution in [0.1, 0.15) is 12.8 Å². The van der Waals surface area contributed by atoms with E-state index in [0.29, 0.717) is 13.0 Å². The highest BCUT2D eigenvalue weighted by Gasteiger charge is 2.19. The lowest BCUT2D eigenvalue weighted by atomic mass is 10.1. The third-order valence-electron chi connectivity index (χ3n) is 3.20. The minimum Gasteiger partial charge on any atom is -0.398 e. The highest BCUT2D eigenvalue weighted by Crippen LogP contribution is 2.23. The molecule has 0 aromatic heterocycles. The van der Waals surface area contributed by atoms with Crippen LogP contribution in [0.2, 0.25) is 0 Å². The third kappa shape index (κ3) is 3.20. The SMILES string of the molecule is CNS(=O)(=O)c1ccc(NC2CCC(=O)NC2)cc1N. The van der Waals surface area contributed by atoms with E-state index < -0.39 is 10.0 Å². The van der Waals surface area contributed by atoms with Crippen molar-refractivity contribution in [3.8, 4) is 0 Å². The normalized spacial score (nSPS) is 19.4. The average molecular weight is 298 g/mol. The molecule has 0 aliphatic carbocycles.